The van der Waals surface area contributed by atoms with Crippen LogP contribution >= 0.6 is 0 Å². The van der Waals surface area contributed by atoms with Crippen LogP contribution in [-0.2, 0) is 0 Å². The Morgan fingerprint density at radius 3 is 2.11 bits per heavy atom. The summed E-state index contributed by atoms with van der Waals surface area (Å²) in [6.45, 7) is 11.4. The van der Waals surface area contributed by atoms with E-state index in [1.807, 2.05) is 0 Å². The highest BCUT2D eigenvalue weighted by Crippen LogP contribution is 2.38. The second kappa shape index (κ2) is 6.27. The van der Waals surface area contributed by atoms with Gasteiger partial charge < -0.3 is 9.32 Å². The summed E-state index contributed by atoms with van der Waals surface area (Å²) in [6, 6.07) is 19.6. The fourth-order valence-corrected chi connectivity index (χ4v) is 5.43. The number of benzene rings is 3. The highest BCUT2D eigenvalue weighted by molar-refractivity contribution is 6.90. The van der Waals surface area contributed by atoms with Gasteiger partial charge in [0.1, 0.15) is 5.58 Å². The van der Waals surface area contributed by atoms with Crippen LogP contribution in [0.5, 0.6) is 0 Å². The van der Waals surface area contributed by atoms with E-state index in [0.717, 1.165) is 16.9 Å². The zero-order valence-electron chi connectivity index (χ0n) is 17.1. The van der Waals surface area contributed by atoms with Crippen molar-refractivity contribution in [2.45, 2.75) is 33.5 Å². The van der Waals surface area contributed by atoms with Crippen LogP contribution < -0.4 is 10.1 Å². The number of rotatable bonds is 3. The molecule has 0 saturated heterocycles. The molecule has 1 aromatic heterocycles. The molecule has 1 heterocycles. The van der Waals surface area contributed by atoms with Crippen molar-refractivity contribution >= 4 is 46.6 Å². The zero-order valence-corrected chi connectivity index (χ0v) is 18.1. The molecule has 0 radical (unpaired) electrons. The fraction of sp³-hybridized carbons (Fsp3) is 0.250. The first-order valence-electron chi connectivity index (χ1n) is 9.53. The van der Waals surface area contributed by atoms with Crippen LogP contribution in [0.15, 0.2) is 59.0 Å². The van der Waals surface area contributed by atoms with E-state index in [-0.39, 0.29) is 0 Å². The lowest BCUT2D eigenvalue weighted by molar-refractivity contribution is 0.671. The first-order valence-corrected chi connectivity index (χ1v) is 13.0. The molecule has 2 nitrogen and oxygen atoms in total. The van der Waals surface area contributed by atoms with Gasteiger partial charge in [-0.3, -0.25) is 0 Å². The Labute approximate surface area is 162 Å². The van der Waals surface area contributed by atoms with Crippen molar-refractivity contribution in [1.82, 2.24) is 0 Å². The van der Waals surface area contributed by atoms with Gasteiger partial charge in [0.2, 0.25) is 0 Å². The van der Waals surface area contributed by atoms with Crippen LogP contribution in [0.1, 0.15) is 11.1 Å². The van der Waals surface area contributed by atoms with E-state index in [1.165, 1.54) is 32.8 Å². The van der Waals surface area contributed by atoms with E-state index >= 15 is 0 Å². The van der Waals surface area contributed by atoms with Gasteiger partial charge in [-0.1, -0.05) is 67.7 Å². The van der Waals surface area contributed by atoms with Crippen LogP contribution in [0.3, 0.4) is 0 Å². The summed E-state index contributed by atoms with van der Waals surface area (Å²) in [7, 11) is 0.632. The van der Waals surface area contributed by atoms with E-state index < -0.39 is 8.07 Å². The molecule has 3 aromatic carbocycles. The maximum absolute atomic E-state index is 6.54. The molecule has 0 aliphatic carbocycles. The molecular formula is C24H27NOSi. The molecule has 0 atom stereocenters. The largest absolute Gasteiger partial charge is 0.454 e. The molecule has 27 heavy (non-hydrogen) atoms. The number of aryl methyl sites for hydroxylation is 2. The SMILES string of the molecule is Cc1ccc(N(C)c2cccc3c2oc2c([Si](C)(C)C)cccc23)c(C)c1. The molecule has 0 aliphatic rings. The maximum atomic E-state index is 6.54. The van der Waals surface area contributed by atoms with Crippen LogP contribution in [0.2, 0.25) is 19.6 Å². The van der Waals surface area contributed by atoms with Crippen molar-refractivity contribution in [3.8, 4) is 0 Å². The Morgan fingerprint density at radius 1 is 0.778 bits per heavy atom. The Kier molecular flexibility index (Phi) is 4.15. The fourth-order valence-electron chi connectivity index (χ4n) is 3.97. The van der Waals surface area contributed by atoms with Gasteiger partial charge in [-0.2, -0.15) is 0 Å². The molecule has 4 rings (SSSR count). The summed E-state index contributed by atoms with van der Waals surface area (Å²) in [5, 5.41) is 3.80. The van der Waals surface area contributed by atoms with Crippen LogP contribution in [-0.4, -0.2) is 15.1 Å². The van der Waals surface area contributed by atoms with Gasteiger partial charge >= 0.3 is 0 Å². The zero-order chi connectivity index (χ0) is 19.3. The lowest BCUT2D eigenvalue weighted by Crippen LogP contribution is -2.37. The van der Waals surface area contributed by atoms with Gasteiger partial charge in [0, 0.05) is 23.5 Å². The average Bonchev–Trinajstić information content (AvgIpc) is 2.99. The van der Waals surface area contributed by atoms with E-state index in [2.05, 4.69) is 100 Å². The number of hydrogen-bond donors (Lipinski definition) is 0. The summed E-state index contributed by atoms with van der Waals surface area (Å²) >= 11 is 0. The Hall–Kier alpha value is -2.52. The topological polar surface area (TPSA) is 16.4 Å². The Bertz CT molecular complexity index is 1150. The highest BCUT2D eigenvalue weighted by atomic mass is 28.3. The summed E-state index contributed by atoms with van der Waals surface area (Å²) in [4.78, 5) is 2.24. The van der Waals surface area contributed by atoms with Crippen molar-refractivity contribution < 1.29 is 4.42 Å². The third kappa shape index (κ3) is 2.96. The number of fused-ring (bicyclic) bond motifs is 3. The average molecular weight is 374 g/mol. The van der Waals surface area contributed by atoms with Crippen molar-refractivity contribution in [2.24, 2.45) is 0 Å². The minimum absolute atomic E-state index is 0.973. The van der Waals surface area contributed by atoms with E-state index in [0.29, 0.717) is 0 Å². The third-order valence-electron chi connectivity index (χ3n) is 5.39. The predicted molar refractivity (Wildman–Crippen MR) is 121 cm³/mol. The lowest BCUT2D eigenvalue weighted by atomic mass is 10.1. The summed E-state index contributed by atoms with van der Waals surface area (Å²) in [5.74, 6) is 0. The van der Waals surface area contributed by atoms with E-state index in [1.54, 1.807) is 0 Å². The summed E-state index contributed by atoms with van der Waals surface area (Å²) in [6.07, 6.45) is 0. The molecule has 0 amide bonds. The lowest BCUT2D eigenvalue weighted by Gasteiger charge is -2.22. The Balaban J connectivity index is 1.97. The maximum Gasteiger partial charge on any atom is 0.159 e. The minimum atomic E-state index is -1.49. The molecule has 0 fully saturated rings. The van der Waals surface area contributed by atoms with Gasteiger partial charge in [0.05, 0.1) is 13.8 Å². The number of furan rings is 1. The Morgan fingerprint density at radius 2 is 1.44 bits per heavy atom. The van der Waals surface area contributed by atoms with Gasteiger partial charge in [0.25, 0.3) is 0 Å². The minimum Gasteiger partial charge on any atom is -0.454 e. The number of hydrogen-bond acceptors (Lipinski definition) is 2. The van der Waals surface area contributed by atoms with Crippen LogP contribution in [0.25, 0.3) is 21.9 Å². The molecule has 0 aliphatic heterocycles. The molecule has 0 bridgehead atoms. The van der Waals surface area contributed by atoms with Crippen molar-refractivity contribution in [1.29, 1.82) is 0 Å². The van der Waals surface area contributed by atoms with Crippen LogP contribution in [0, 0.1) is 13.8 Å². The van der Waals surface area contributed by atoms with Gasteiger partial charge in [-0.15, -0.1) is 0 Å². The molecule has 3 heteroatoms. The number of anilines is 2. The molecule has 0 N–H and O–H groups in total. The summed E-state index contributed by atoms with van der Waals surface area (Å²) in [5.41, 5.74) is 6.91. The van der Waals surface area contributed by atoms with Crippen molar-refractivity contribution in [3.05, 3.63) is 65.7 Å². The quantitative estimate of drug-likeness (QED) is 0.380. The number of para-hydroxylation sites is 2. The second-order valence-corrected chi connectivity index (χ2v) is 13.6. The van der Waals surface area contributed by atoms with Gasteiger partial charge in [-0.25, -0.2) is 0 Å². The first kappa shape index (κ1) is 17.9. The molecular weight excluding hydrogens is 346 g/mol. The van der Waals surface area contributed by atoms with Gasteiger partial charge in [0.15, 0.2) is 5.58 Å². The molecule has 0 spiro atoms. The van der Waals surface area contributed by atoms with E-state index in [9.17, 15) is 0 Å². The van der Waals surface area contributed by atoms with E-state index in [4.69, 9.17) is 4.42 Å². The third-order valence-corrected chi connectivity index (χ3v) is 7.40. The highest BCUT2D eigenvalue weighted by Gasteiger charge is 2.23. The van der Waals surface area contributed by atoms with Gasteiger partial charge in [-0.05, 0) is 36.7 Å². The van der Waals surface area contributed by atoms with Crippen molar-refractivity contribution in [2.75, 3.05) is 11.9 Å². The smallest absolute Gasteiger partial charge is 0.159 e. The predicted octanol–water partition coefficient (Wildman–Crippen LogP) is 6.52. The summed E-state index contributed by atoms with van der Waals surface area (Å²) < 4.78 is 6.54. The normalized spacial score (nSPS) is 12.1. The van der Waals surface area contributed by atoms with Crippen LogP contribution in [0.4, 0.5) is 11.4 Å². The monoisotopic (exact) mass is 373 g/mol. The number of nitrogens with zero attached hydrogens (tertiary/aromatic N) is 1. The molecule has 4 aromatic rings. The molecule has 138 valence electrons. The van der Waals surface area contributed by atoms with Crippen molar-refractivity contribution in [3.63, 3.8) is 0 Å². The second-order valence-electron chi connectivity index (χ2n) is 8.54. The standard InChI is InChI=1S/C24H27NOSi/c1-16-13-14-20(17(2)15-16)25(3)21-11-7-9-18-19-10-8-12-22(27(4,5)6)24(19)26-23(18)21/h7-15H,1-6H3. The molecule has 0 saturated carbocycles. The molecule has 0 unspecified atom stereocenters. The first-order chi connectivity index (χ1) is 12.8.